The maximum atomic E-state index is 5.89. The summed E-state index contributed by atoms with van der Waals surface area (Å²) in [5, 5.41) is 15.9. The summed E-state index contributed by atoms with van der Waals surface area (Å²) in [7, 11) is -0.302. The second kappa shape index (κ2) is 31.9. The van der Waals surface area contributed by atoms with Crippen LogP contribution in [0.15, 0.2) is 184 Å². The summed E-state index contributed by atoms with van der Waals surface area (Å²) in [4.78, 5) is 17.6. The zero-order chi connectivity index (χ0) is 64.0. The van der Waals surface area contributed by atoms with Gasteiger partial charge in [0.1, 0.15) is 0 Å². The van der Waals surface area contributed by atoms with Crippen molar-refractivity contribution in [1.82, 2.24) is 19.9 Å². The molecule has 0 radical (unpaired) electrons. The number of rotatable bonds is 26. The van der Waals surface area contributed by atoms with E-state index in [1.165, 1.54) is 231 Å². The first-order chi connectivity index (χ1) is 44.9. The number of halogens is 3. The van der Waals surface area contributed by atoms with Crippen LogP contribution < -0.4 is 5.46 Å². The van der Waals surface area contributed by atoms with Crippen molar-refractivity contribution in [3.8, 4) is 33.4 Å². The molecule has 0 unspecified atom stereocenters. The predicted molar refractivity (Wildman–Crippen MR) is 404 cm³/mol. The lowest BCUT2D eigenvalue weighted by Gasteiger charge is -2.32. The van der Waals surface area contributed by atoms with Crippen molar-refractivity contribution in [1.29, 1.82) is 0 Å². The van der Waals surface area contributed by atoms with Gasteiger partial charge in [-0.25, -0.2) is 0 Å². The molecule has 5 heterocycles. The first kappa shape index (κ1) is 67.3. The standard InChI is InChI=1S/C43H43N3.C28H31Br3.C11H16BNO2/c1-2-3-4-5-6-7-8-9-10-11-15-31-26-39(32-16-12-23-44-28-32)36-21-22-38-41(34-18-14-25-46-30-34)27-40(33-17-13-24-45-29-33)37-20-19-35(31)42(36)43(37)38;1-2-3-4-5-6-7-8-9-10-11-12-19-17-24(29)21-15-16-23-26(31)18-25(30)22-14-13-20(19)27(21)28(22)23;1-10(2)11(3,4)15-12(14-10)9-6-5-7-13-8-9/h12-14,16-30H,2-11,15H2,1H3;13-18H,2-12H2,1H3;5-8H,1-4H3. The van der Waals surface area contributed by atoms with Gasteiger partial charge in [0.05, 0.1) is 11.2 Å². The van der Waals surface area contributed by atoms with Crippen molar-refractivity contribution in [2.45, 2.75) is 194 Å². The number of aromatic nitrogens is 4. The highest BCUT2D eigenvalue weighted by Gasteiger charge is 2.51. The number of hydrogen-bond donors (Lipinski definition) is 0. The largest absolute Gasteiger partial charge is 0.496 e. The molecule has 0 saturated carbocycles. The monoisotopic (exact) mass is 1410 g/mol. The molecule has 0 atom stereocenters. The van der Waals surface area contributed by atoms with Crippen LogP contribution in [0.5, 0.6) is 0 Å². The molecule has 92 heavy (non-hydrogen) atoms. The Morgan fingerprint density at radius 2 is 0.652 bits per heavy atom. The van der Waals surface area contributed by atoms with E-state index >= 15 is 0 Å². The van der Waals surface area contributed by atoms with Gasteiger partial charge in [0.25, 0.3) is 0 Å². The Morgan fingerprint density at radius 1 is 0.337 bits per heavy atom. The Kier molecular flexibility index (Phi) is 23.3. The molecule has 8 aromatic carbocycles. The Morgan fingerprint density at radius 3 is 1.04 bits per heavy atom. The van der Waals surface area contributed by atoms with Gasteiger partial charge in [0.2, 0.25) is 0 Å². The third-order valence-electron chi connectivity index (χ3n) is 19.5. The lowest BCUT2D eigenvalue weighted by atomic mass is 9.80. The summed E-state index contributed by atoms with van der Waals surface area (Å²) in [6, 6.07) is 44.3. The van der Waals surface area contributed by atoms with Crippen molar-refractivity contribution in [2.75, 3.05) is 0 Å². The predicted octanol–water partition coefficient (Wildman–Crippen LogP) is 24.9. The van der Waals surface area contributed by atoms with Crippen LogP contribution in [0.4, 0.5) is 0 Å². The highest BCUT2D eigenvalue weighted by atomic mass is 79.9. The van der Waals surface area contributed by atoms with Crippen LogP contribution in [0.2, 0.25) is 0 Å². The lowest BCUT2D eigenvalue weighted by molar-refractivity contribution is 0.00578. The molecule has 10 heteroatoms. The van der Waals surface area contributed by atoms with Gasteiger partial charge in [-0.3, -0.25) is 19.9 Å². The minimum atomic E-state index is -0.302. The van der Waals surface area contributed by atoms with Crippen molar-refractivity contribution in [3.05, 3.63) is 195 Å². The van der Waals surface area contributed by atoms with E-state index in [1.54, 1.807) is 12.4 Å². The summed E-state index contributed by atoms with van der Waals surface area (Å²) in [6.45, 7) is 12.8. The van der Waals surface area contributed by atoms with E-state index < -0.39 is 0 Å². The van der Waals surface area contributed by atoms with Crippen molar-refractivity contribution in [2.24, 2.45) is 0 Å². The van der Waals surface area contributed by atoms with E-state index in [-0.39, 0.29) is 18.3 Å². The van der Waals surface area contributed by atoms with Crippen molar-refractivity contribution >= 4 is 125 Å². The number of nitrogens with zero attached hydrogens (tertiary/aromatic N) is 4. The molecule has 474 valence electrons. The molecule has 0 N–H and O–H groups in total. The van der Waals surface area contributed by atoms with Crippen molar-refractivity contribution in [3.63, 3.8) is 0 Å². The second-order valence-electron chi connectivity index (χ2n) is 26.5. The first-order valence-electron chi connectivity index (χ1n) is 34.4. The second-order valence-corrected chi connectivity index (χ2v) is 29.1. The van der Waals surface area contributed by atoms with Gasteiger partial charge in [-0.1, -0.05) is 250 Å². The summed E-state index contributed by atoms with van der Waals surface area (Å²) in [5.74, 6) is 0. The Hall–Kier alpha value is -6.14. The molecule has 0 bridgehead atoms. The number of pyridine rings is 4. The fourth-order valence-electron chi connectivity index (χ4n) is 13.8. The van der Waals surface area contributed by atoms with E-state index in [9.17, 15) is 0 Å². The molecule has 0 amide bonds. The minimum absolute atomic E-state index is 0.284. The maximum absolute atomic E-state index is 5.89. The summed E-state index contributed by atoms with van der Waals surface area (Å²) >= 11 is 11.4. The summed E-state index contributed by atoms with van der Waals surface area (Å²) in [6.07, 6.45) is 44.6. The lowest BCUT2D eigenvalue weighted by Crippen LogP contribution is -2.41. The quantitative estimate of drug-likeness (QED) is 0.0306. The summed E-state index contributed by atoms with van der Waals surface area (Å²) < 4.78 is 15.3. The molecule has 4 aromatic heterocycles. The van der Waals surface area contributed by atoms with Gasteiger partial charge in [-0.2, -0.15) is 0 Å². The van der Waals surface area contributed by atoms with Crippen LogP contribution >= 0.6 is 47.8 Å². The van der Waals surface area contributed by atoms with Crippen LogP contribution in [0.3, 0.4) is 0 Å². The summed E-state index contributed by atoms with van der Waals surface area (Å²) in [5.41, 5.74) is 10.4. The fraction of sp³-hybridized carbons (Fsp3) is 0.366. The average molecular weight is 1410 g/mol. The third kappa shape index (κ3) is 15.5. The number of aryl methyl sites for hydroxylation is 2. The van der Waals surface area contributed by atoms with Crippen LogP contribution in [0.1, 0.15) is 181 Å². The van der Waals surface area contributed by atoms with Gasteiger partial charge in [0.15, 0.2) is 0 Å². The molecular weight excluding hydrogens is 1320 g/mol. The van der Waals surface area contributed by atoms with Crippen molar-refractivity contribution < 1.29 is 9.31 Å². The van der Waals surface area contributed by atoms with Gasteiger partial charge >= 0.3 is 7.12 Å². The zero-order valence-corrected chi connectivity index (χ0v) is 59.8. The molecule has 1 fully saturated rings. The fourth-order valence-corrected chi connectivity index (χ4v) is 15.8. The molecule has 13 rings (SSSR count). The maximum Gasteiger partial charge on any atom is 0.496 e. The van der Waals surface area contributed by atoms with Gasteiger partial charge in [-0.15, -0.1) is 0 Å². The zero-order valence-electron chi connectivity index (χ0n) is 55.0. The highest BCUT2D eigenvalue weighted by Crippen LogP contribution is 2.48. The van der Waals surface area contributed by atoms with Gasteiger partial charge in [-0.05, 0) is 194 Å². The Balaban J connectivity index is 0.000000161. The average Bonchev–Trinajstić information content (AvgIpc) is 0.918. The minimum Gasteiger partial charge on any atom is -0.399 e. The number of benzene rings is 8. The topological polar surface area (TPSA) is 70.0 Å². The van der Waals surface area contributed by atoms with Crippen LogP contribution in [0.25, 0.3) is 98.0 Å². The molecule has 6 nitrogen and oxygen atoms in total. The third-order valence-corrected chi connectivity index (χ3v) is 21.5. The van der Waals surface area contributed by atoms with E-state index in [0.717, 1.165) is 38.4 Å². The normalized spacial score (nSPS) is 13.6. The number of hydrogen-bond acceptors (Lipinski definition) is 6. The van der Waals surface area contributed by atoms with E-state index in [0.29, 0.717) is 0 Å². The molecule has 1 saturated heterocycles. The number of unbranched alkanes of at least 4 members (excludes halogenated alkanes) is 18. The van der Waals surface area contributed by atoms with Crippen LogP contribution in [-0.4, -0.2) is 38.3 Å². The molecular formula is C82H90BBr3N4O2. The SMILES string of the molecule is CC1(C)OB(c2cccnc2)OC1(C)C.CCCCCCCCCCCCc1cc(-c2cccnc2)c2ccc3c(-c4cccnc4)cc(-c4cccnc4)c4ccc1c2c43.CCCCCCCCCCCCc1cc(Br)c2ccc3c(Br)cc(Br)c4ccc1c2c34. The smallest absolute Gasteiger partial charge is 0.399 e. The molecule has 1 aliphatic rings. The molecule has 1 aliphatic heterocycles. The van der Waals surface area contributed by atoms with Crippen LogP contribution in [-0.2, 0) is 22.2 Å². The van der Waals surface area contributed by atoms with Gasteiger partial charge in [0, 0.05) is 85.1 Å². The molecule has 12 aromatic rings. The molecule has 0 spiro atoms. The van der Waals surface area contributed by atoms with E-state index in [2.05, 4.69) is 179 Å². The van der Waals surface area contributed by atoms with Gasteiger partial charge < -0.3 is 9.31 Å². The van der Waals surface area contributed by atoms with E-state index in [1.807, 2.05) is 89.1 Å². The highest BCUT2D eigenvalue weighted by molar-refractivity contribution is 9.11. The Bertz CT molecular complexity index is 4220. The molecule has 0 aliphatic carbocycles. The van der Waals surface area contributed by atoms with E-state index in [4.69, 9.17) is 9.31 Å². The van der Waals surface area contributed by atoms with Crippen LogP contribution in [0, 0.1) is 0 Å². The Labute approximate surface area is 572 Å². The first-order valence-corrected chi connectivity index (χ1v) is 36.7.